The molecular formula is C22H19Cl2F5N2O2. The topological polar surface area (TPSA) is 41.6 Å². The number of amides is 1. The van der Waals surface area contributed by atoms with E-state index in [1.807, 2.05) is 0 Å². The van der Waals surface area contributed by atoms with Crippen molar-refractivity contribution in [3.8, 4) is 0 Å². The third-order valence-corrected chi connectivity index (χ3v) is 6.69. The molecule has 2 saturated heterocycles. The Hall–Kier alpha value is -1.94. The molecule has 11 heteroatoms. The lowest BCUT2D eigenvalue weighted by molar-refractivity contribution is -0.282. The van der Waals surface area contributed by atoms with E-state index in [1.165, 1.54) is 29.2 Å². The number of nitrogens with one attached hydrogen (secondary N) is 1. The van der Waals surface area contributed by atoms with E-state index in [1.54, 1.807) is 6.92 Å². The molecule has 1 amide bonds. The maximum atomic E-state index is 15.1. The molecule has 0 aromatic heterocycles. The fourth-order valence-electron chi connectivity index (χ4n) is 4.19. The lowest BCUT2D eigenvalue weighted by Gasteiger charge is -2.44. The summed E-state index contributed by atoms with van der Waals surface area (Å²) in [5.74, 6) is -1.16. The molecule has 2 unspecified atom stereocenters. The number of hydroxylamine groups is 1. The van der Waals surface area contributed by atoms with Gasteiger partial charge in [-0.1, -0.05) is 54.4 Å². The first kappa shape index (κ1) is 24.2. The maximum Gasteiger partial charge on any atom is 0.423 e. The molecule has 2 heterocycles. The molecule has 2 aliphatic heterocycles. The van der Waals surface area contributed by atoms with Crippen molar-refractivity contribution >= 4 is 29.1 Å². The average molecular weight is 509 g/mol. The first-order valence-corrected chi connectivity index (χ1v) is 10.9. The molecule has 33 heavy (non-hydrogen) atoms. The van der Waals surface area contributed by atoms with Crippen LogP contribution in [0.4, 0.5) is 22.0 Å². The van der Waals surface area contributed by atoms with E-state index < -0.39 is 51.3 Å². The van der Waals surface area contributed by atoms with E-state index in [0.29, 0.717) is 11.1 Å². The van der Waals surface area contributed by atoms with Crippen LogP contribution in [-0.4, -0.2) is 30.1 Å². The summed E-state index contributed by atoms with van der Waals surface area (Å²) in [6.45, 7) is 1.57. The van der Waals surface area contributed by atoms with Crippen LogP contribution in [0.5, 0.6) is 0 Å². The maximum absolute atomic E-state index is 15.1. The molecule has 0 spiro atoms. The van der Waals surface area contributed by atoms with E-state index in [2.05, 4.69) is 5.48 Å². The van der Waals surface area contributed by atoms with Crippen LogP contribution in [-0.2, 0) is 20.9 Å². The SMILES string of the molecule is CCC(=O)N1CC(F)(c2ccc(C3CC(c4cc(Cl)c(F)c(Cl)c4)(C(F)(F)F)ON3)cc2)C1. The molecular weight excluding hydrogens is 490 g/mol. The molecule has 1 N–H and O–H groups in total. The van der Waals surface area contributed by atoms with Crippen LogP contribution in [0.15, 0.2) is 36.4 Å². The van der Waals surface area contributed by atoms with Gasteiger partial charge >= 0.3 is 6.18 Å². The summed E-state index contributed by atoms with van der Waals surface area (Å²) < 4.78 is 71.2. The molecule has 178 valence electrons. The molecule has 2 fully saturated rings. The predicted octanol–water partition coefficient (Wildman–Crippen LogP) is 5.97. The Morgan fingerprint density at radius 1 is 1.15 bits per heavy atom. The van der Waals surface area contributed by atoms with E-state index in [-0.39, 0.29) is 25.4 Å². The number of rotatable bonds is 4. The highest BCUT2D eigenvalue weighted by atomic mass is 35.5. The van der Waals surface area contributed by atoms with Crippen LogP contribution in [0.2, 0.25) is 10.0 Å². The van der Waals surface area contributed by atoms with Crippen LogP contribution in [0.25, 0.3) is 0 Å². The Balaban J connectivity index is 1.56. The highest BCUT2D eigenvalue weighted by Crippen LogP contribution is 2.52. The minimum Gasteiger partial charge on any atom is -0.335 e. The van der Waals surface area contributed by atoms with Crippen molar-refractivity contribution in [3.63, 3.8) is 0 Å². The van der Waals surface area contributed by atoms with Gasteiger partial charge in [0, 0.05) is 12.8 Å². The normalized spacial score (nSPS) is 24.6. The van der Waals surface area contributed by atoms with Crippen molar-refractivity contribution in [1.82, 2.24) is 10.4 Å². The van der Waals surface area contributed by atoms with Crippen molar-refractivity contribution in [3.05, 3.63) is 69.0 Å². The second kappa shape index (κ2) is 8.37. The Labute approximate surface area is 196 Å². The van der Waals surface area contributed by atoms with Gasteiger partial charge in [0.15, 0.2) is 11.5 Å². The van der Waals surface area contributed by atoms with E-state index in [0.717, 1.165) is 12.1 Å². The second-order valence-electron chi connectivity index (χ2n) is 8.25. The summed E-state index contributed by atoms with van der Waals surface area (Å²) in [5, 5.41) is -1.11. The van der Waals surface area contributed by atoms with Gasteiger partial charge in [0.2, 0.25) is 11.5 Å². The smallest absolute Gasteiger partial charge is 0.335 e. The van der Waals surface area contributed by atoms with E-state index in [4.69, 9.17) is 28.0 Å². The molecule has 0 radical (unpaired) electrons. The first-order chi connectivity index (χ1) is 15.4. The number of likely N-dealkylation sites (tertiary alicyclic amines) is 1. The lowest BCUT2D eigenvalue weighted by atomic mass is 9.84. The third-order valence-electron chi connectivity index (χ3n) is 6.14. The number of carbonyl (C=O) groups excluding carboxylic acids is 1. The highest BCUT2D eigenvalue weighted by Gasteiger charge is 2.62. The number of nitrogens with zero attached hydrogens (tertiary/aromatic N) is 1. The van der Waals surface area contributed by atoms with Crippen LogP contribution < -0.4 is 5.48 Å². The first-order valence-electron chi connectivity index (χ1n) is 10.1. The van der Waals surface area contributed by atoms with Gasteiger partial charge in [-0.15, -0.1) is 0 Å². The summed E-state index contributed by atoms with van der Waals surface area (Å²) in [7, 11) is 0. The summed E-state index contributed by atoms with van der Waals surface area (Å²) >= 11 is 11.4. The predicted molar refractivity (Wildman–Crippen MR) is 112 cm³/mol. The van der Waals surface area contributed by atoms with E-state index >= 15 is 4.39 Å². The zero-order chi connectivity index (χ0) is 24.2. The van der Waals surface area contributed by atoms with Crippen LogP contribution in [0.1, 0.15) is 42.5 Å². The molecule has 2 aromatic rings. The number of benzene rings is 2. The molecule has 2 aromatic carbocycles. The quantitative estimate of drug-likeness (QED) is 0.408. The van der Waals surface area contributed by atoms with Crippen molar-refractivity contribution < 1.29 is 31.6 Å². The second-order valence-corrected chi connectivity index (χ2v) is 9.06. The Morgan fingerprint density at radius 2 is 1.73 bits per heavy atom. The van der Waals surface area contributed by atoms with Gasteiger partial charge < -0.3 is 4.90 Å². The van der Waals surface area contributed by atoms with Gasteiger partial charge in [0.05, 0.1) is 29.2 Å². The molecule has 0 saturated carbocycles. The van der Waals surface area contributed by atoms with Gasteiger partial charge in [-0.25, -0.2) is 8.78 Å². The van der Waals surface area contributed by atoms with Crippen LogP contribution >= 0.6 is 23.2 Å². The standard InChI is InChI=1S/C22H19Cl2F5N2O2/c1-2-18(32)31-10-20(26,11-31)13-5-3-12(4-6-13)17-9-21(33-30-17,22(27,28)29)14-7-15(23)19(25)16(24)8-14/h3-8,17,30H,2,9-11H2,1H3. The van der Waals surface area contributed by atoms with Crippen molar-refractivity contribution in [2.75, 3.05) is 13.1 Å². The third kappa shape index (κ3) is 4.09. The summed E-state index contributed by atoms with van der Waals surface area (Å²) in [4.78, 5) is 18.1. The van der Waals surface area contributed by atoms with E-state index in [9.17, 15) is 22.4 Å². The summed E-state index contributed by atoms with van der Waals surface area (Å²) in [6, 6.07) is 6.80. The van der Waals surface area contributed by atoms with Gasteiger partial charge in [0.1, 0.15) is 0 Å². The Bertz CT molecular complexity index is 1050. The Morgan fingerprint density at radius 3 is 2.24 bits per heavy atom. The zero-order valence-corrected chi connectivity index (χ0v) is 18.8. The molecule has 0 aliphatic carbocycles. The number of carbonyl (C=O) groups is 1. The van der Waals surface area contributed by atoms with Gasteiger partial charge in [-0.2, -0.15) is 18.7 Å². The zero-order valence-electron chi connectivity index (χ0n) is 17.3. The van der Waals surface area contributed by atoms with Crippen molar-refractivity contribution in [2.45, 2.75) is 43.3 Å². The molecule has 4 rings (SSSR count). The van der Waals surface area contributed by atoms with Gasteiger partial charge in [-0.3, -0.25) is 9.63 Å². The minimum absolute atomic E-state index is 0.0624. The lowest BCUT2D eigenvalue weighted by Crippen LogP contribution is -2.58. The fraction of sp³-hybridized carbons (Fsp3) is 0.409. The molecule has 4 nitrogen and oxygen atoms in total. The summed E-state index contributed by atoms with van der Waals surface area (Å²) in [6.07, 6.45) is -5.16. The largest absolute Gasteiger partial charge is 0.423 e. The molecule has 2 atom stereocenters. The fourth-order valence-corrected chi connectivity index (χ4v) is 4.67. The molecule has 0 bridgehead atoms. The summed E-state index contributed by atoms with van der Waals surface area (Å²) in [5.41, 5.74) is -1.77. The van der Waals surface area contributed by atoms with Crippen molar-refractivity contribution in [1.29, 1.82) is 0 Å². The molecule has 2 aliphatic rings. The van der Waals surface area contributed by atoms with Crippen LogP contribution in [0, 0.1) is 5.82 Å². The number of halogens is 7. The van der Waals surface area contributed by atoms with Crippen molar-refractivity contribution in [2.24, 2.45) is 0 Å². The van der Waals surface area contributed by atoms with Gasteiger partial charge in [-0.05, 0) is 28.8 Å². The Kier molecular flexibility index (Phi) is 6.14. The number of alkyl halides is 4. The number of hydrogen-bond donors (Lipinski definition) is 1. The average Bonchev–Trinajstić information content (AvgIpc) is 3.21. The van der Waals surface area contributed by atoms with Crippen LogP contribution in [0.3, 0.4) is 0 Å². The highest BCUT2D eigenvalue weighted by molar-refractivity contribution is 6.35. The monoisotopic (exact) mass is 508 g/mol. The minimum atomic E-state index is -4.87. The number of hydrogen-bond acceptors (Lipinski definition) is 3. The van der Waals surface area contributed by atoms with Gasteiger partial charge in [0.25, 0.3) is 0 Å².